The molecule has 4 nitrogen and oxygen atoms in total. The molecule has 0 radical (unpaired) electrons. The number of anilines is 1. The van der Waals surface area contributed by atoms with Gasteiger partial charge in [0.2, 0.25) is 5.28 Å². The molecule has 2 heterocycles. The van der Waals surface area contributed by atoms with Crippen LogP contribution < -0.4 is 5.32 Å². The number of benzene rings is 1. The van der Waals surface area contributed by atoms with E-state index in [2.05, 4.69) is 55.5 Å². The highest BCUT2D eigenvalue weighted by molar-refractivity contribution is 14.2. The van der Waals surface area contributed by atoms with E-state index >= 15 is 0 Å². The molecular formula is C14H12ClIN4S. The summed E-state index contributed by atoms with van der Waals surface area (Å²) in [5.41, 5.74) is 2.01. The van der Waals surface area contributed by atoms with E-state index in [1.54, 1.807) is 9.12 Å². The molecule has 0 unspecified atom stereocenters. The third-order valence-corrected chi connectivity index (χ3v) is 5.10. The molecule has 0 spiro atoms. The van der Waals surface area contributed by atoms with Crippen molar-refractivity contribution in [2.45, 2.75) is 13.0 Å². The lowest BCUT2D eigenvalue weighted by molar-refractivity contribution is 0.876. The monoisotopic (exact) mass is 430 g/mol. The van der Waals surface area contributed by atoms with Gasteiger partial charge in [-0.1, -0.05) is 30.3 Å². The second kappa shape index (κ2) is 6.41. The molecule has 0 saturated heterocycles. The van der Waals surface area contributed by atoms with E-state index in [1.807, 2.05) is 34.4 Å². The van der Waals surface area contributed by atoms with Gasteiger partial charge in [-0.3, -0.25) is 3.97 Å². The van der Waals surface area contributed by atoms with Crippen LogP contribution in [0.3, 0.4) is 0 Å². The molecule has 1 atom stereocenters. The van der Waals surface area contributed by atoms with E-state index < -0.39 is 0 Å². The van der Waals surface area contributed by atoms with Crippen molar-refractivity contribution in [2.75, 3.05) is 5.32 Å². The first kappa shape index (κ1) is 14.9. The van der Waals surface area contributed by atoms with Gasteiger partial charge in [0.25, 0.3) is 0 Å². The van der Waals surface area contributed by atoms with Crippen molar-refractivity contribution in [3.63, 3.8) is 0 Å². The lowest BCUT2D eigenvalue weighted by Crippen LogP contribution is -2.08. The van der Waals surface area contributed by atoms with Crippen LogP contribution in [0, 0.1) is 0 Å². The maximum atomic E-state index is 6.05. The first-order valence-electron chi connectivity index (χ1n) is 6.34. The predicted molar refractivity (Wildman–Crippen MR) is 98.0 cm³/mol. The summed E-state index contributed by atoms with van der Waals surface area (Å²) in [6.45, 7) is 2.10. The van der Waals surface area contributed by atoms with Crippen LogP contribution in [0.2, 0.25) is 5.28 Å². The molecular weight excluding hydrogens is 419 g/mol. The van der Waals surface area contributed by atoms with Crippen LogP contribution in [0.1, 0.15) is 18.5 Å². The van der Waals surface area contributed by atoms with Crippen LogP contribution in [0.15, 0.2) is 42.6 Å². The van der Waals surface area contributed by atoms with Crippen molar-refractivity contribution >= 4 is 58.8 Å². The van der Waals surface area contributed by atoms with E-state index in [0.29, 0.717) is 0 Å². The van der Waals surface area contributed by atoms with Crippen molar-refractivity contribution in [2.24, 2.45) is 0 Å². The van der Waals surface area contributed by atoms with E-state index in [9.17, 15) is 0 Å². The SMILES string of the molecule is C[C@H](Nc1nc(Cl)nc2c1ccn2SI)c1ccccc1. The molecule has 3 aromatic rings. The van der Waals surface area contributed by atoms with Crippen LogP contribution in [-0.4, -0.2) is 13.9 Å². The van der Waals surface area contributed by atoms with Crippen LogP contribution in [0.5, 0.6) is 0 Å². The molecule has 0 bridgehead atoms. The van der Waals surface area contributed by atoms with Gasteiger partial charge in [-0.15, -0.1) is 0 Å². The molecule has 2 aromatic heterocycles. The second-order valence-corrected chi connectivity index (χ2v) is 6.62. The molecule has 1 N–H and O–H groups in total. The Morgan fingerprint density at radius 3 is 2.71 bits per heavy atom. The Balaban J connectivity index is 1.99. The lowest BCUT2D eigenvalue weighted by atomic mass is 10.1. The van der Waals surface area contributed by atoms with Crippen LogP contribution in [-0.2, 0) is 0 Å². The standard InChI is InChI=1S/C14H12ClIN4S/c1-9(10-5-3-2-4-6-10)17-12-11-7-8-20(21-16)13(11)19-14(15)18-12/h2-9H,1H3,(H,17,18,19)/t9-/m0/s1. The van der Waals surface area contributed by atoms with E-state index in [4.69, 9.17) is 11.6 Å². The number of rotatable bonds is 4. The Bertz CT molecular complexity index is 762. The minimum Gasteiger partial charge on any atom is -0.363 e. The van der Waals surface area contributed by atoms with Crippen LogP contribution in [0.25, 0.3) is 11.0 Å². The quantitative estimate of drug-likeness (QED) is 0.462. The van der Waals surface area contributed by atoms with Gasteiger partial charge >= 0.3 is 0 Å². The van der Waals surface area contributed by atoms with Gasteiger partial charge in [-0.25, -0.2) is 4.98 Å². The van der Waals surface area contributed by atoms with Gasteiger partial charge in [0, 0.05) is 42.6 Å². The van der Waals surface area contributed by atoms with Crippen molar-refractivity contribution in [1.29, 1.82) is 0 Å². The number of hydrogen-bond acceptors (Lipinski definition) is 4. The number of nitrogens with one attached hydrogen (secondary N) is 1. The number of aromatic nitrogens is 3. The highest BCUT2D eigenvalue weighted by atomic mass is 127. The Labute approximate surface area is 144 Å². The summed E-state index contributed by atoms with van der Waals surface area (Å²) in [7, 11) is 1.55. The minimum absolute atomic E-state index is 0.135. The average Bonchev–Trinajstić information content (AvgIpc) is 2.91. The molecule has 21 heavy (non-hydrogen) atoms. The lowest BCUT2D eigenvalue weighted by Gasteiger charge is -2.15. The van der Waals surface area contributed by atoms with Crippen molar-refractivity contribution in [1.82, 2.24) is 13.9 Å². The second-order valence-electron chi connectivity index (χ2n) is 4.57. The topological polar surface area (TPSA) is 42.7 Å². The summed E-state index contributed by atoms with van der Waals surface area (Å²) < 4.78 is 1.96. The third-order valence-electron chi connectivity index (χ3n) is 3.21. The summed E-state index contributed by atoms with van der Waals surface area (Å²) in [5, 5.41) is 4.63. The maximum Gasteiger partial charge on any atom is 0.226 e. The fourth-order valence-corrected chi connectivity index (χ4v) is 3.59. The largest absolute Gasteiger partial charge is 0.363 e. The fraction of sp³-hybridized carbons (Fsp3) is 0.143. The molecule has 7 heteroatoms. The van der Waals surface area contributed by atoms with Gasteiger partial charge < -0.3 is 5.32 Å². The molecule has 0 aliphatic rings. The predicted octanol–water partition coefficient (Wildman–Crippen LogP) is 5.10. The molecule has 108 valence electrons. The number of nitrogens with zero attached hydrogens (tertiary/aromatic N) is 3. The zero-order chi connectivity index (χ0) is 14.8. The molecule has 0 amide bonds. The van der Waals surface area contributed by atoms with Crippen molar-refractivity contribution < 1.29 is 0 Å². The third kappa shape index (κ3) is 3.12. The molecule has 0 fully saturated rings. The van der Waals surface area contributed by atoms with Gasteiger partial charge in [0.1, 0.15) is 5.82 Å². The Morgan fingerprint density at radius 2 is 2.00 bits per heavy atom. The average molecular weight is 431 g/mol. The summed E-state index contributed by atoms with van der Waals surface area (Å²) in [5.74, 6) is 0.755. The molecule has 3 rings (SSSR count). The summed E-state index contributed by atoms with van der Waals surface area (Å²) in [6.07, 6.45) is 1.96. The molecule has 0 aliphatic heterocycles. The summed E-state index contributed by atoms with van der Waals surface area (Å²) >= 11 is 8.26. The van der Waals surface area contributed by atoms with Gasteiger partial charge in [-0.2, -0.15) is 4.98 Å². The summed E-state index contributed by atoms with van der Waals surface area (Å²) in [6, 6.07) is 12.4. The van der Waals surface area contributed by atoms with E-state index in [1.165, 1.54) is 5.56 Å². The van der Waals surface area contributed by atoms with E-state index in [0.717, 1.165) is 16.9 Å². The number of fused-ring (bicyclic) bond motifs is 1. The Kier molecular flexibility index (Phi) is 4.56. The van der Waals surface area contributed by atoms with Gasteiger partial charge in [0.05, 0.1) is 5.39 Å². The van der Waals surface area contributed by atoms with E-state index in [-0.39, 0.29) is 11.3 Å². The van der Waals surface area contributed by atoms with Crippen LogP contribution >= 0.6 is 41.9 Å². The van der Waals surface area contributed by atoms with Gasteiger partial charge in [0.15, 0.2) is 5.65 Å². The normalized spacial score (nSPS) is 12.5. The Hall–Kier alpha value is -0.990. The smallest absolute Gasteiger partial charge is 0.226 e. The highest BCUT2D eigenvalue weighted by Crippen LogP contribution is 2.30. The minimum atomic E-state index is 0.135. The Morgan fingerprint density at radius 1 is 1.24 bits per heavy atom. The number of halogens is 2. The highest BCUT2D eigenvalue weighted by Gasteiger charge is 2.13. The molecule has 1 aromatic carbocycles. The summed E-state index contributed by atoms with van der Waals surface area (Å²) in [4.78, 5) is 8.63. The number of hydrogen-bond donors (Lipinski definition) is 1. The first-order valence-corrected chi connectivity index (χ1v) is 10.0. The zero-order valence-electron chi connectivity index (χ0n) is 11.1. The maximum absolute atomic E-state index is 6.05. The fourth-order valence-electron chi connectivity index (χ4n) is 2.16. The van der Waals surface area contributed by atoms with Crippen molar-refractivity contribution in [3.8, 4) is 0 Å². The molecule has 0 aliphatic carbocycles. The zero-order valence-corrected chi connectivity index (χ0v) is 14.9. The molecule has 0 saturated carbocycles. The first-order chi connectivity index (χ1) is 10.2. The van der Waals surface area contributed by atoms with Crippen molar-refractivity contribution in [3.05, 3.63) is 53.4 Å². The van der Waals surface area contributed by atoms with Gasteiger partial charge in [-0.05, 0) is 30.2 Å². The van der Waals surface area contributed by atoms with Crippen LogP contribution in [0.4, 0.5) is 5.82 Å².